The number of nitrogens with zero attached hydrogens (tertiary/aromatic N) is 2. The fourth-order valence-corrected chi connectivity index (χ4v) is 2.41. The van der Waals surface area contributed by atoms with Crippen molar-refractivity contribution in [3.63, 3.8) is 0 Å². The summed E-state index contributed by atoms with van der Waals surface area (Å²) >= 11 is 0. The van der Waals surface area contributed by atoms with Gasteiger partial charge in [-0.3, -0.25) is 0 Å². The second kappa shape index (κ2) is 8.39. The molecule has 0 aliphatic heterocycles. The highest BCUT2D eigenvalue weighted by Gasteiger charge is 2.31. The first kappa shape index (κ1) is 20.7. The lowest BCUT2D eigenvalue weighted by Gasteiger charge is -2.27. The van der Waals surface area contributed by atoms with Gasteiger partial charge in [0.1, 0.15) is 11.4 Å². The van der Waals surface area contributed by atoms with Crippen molar-refractivity contribution in [2.75, 3.05) is 7.11 Å². The lowest BCUT2D eigenvalue weighted by molar-refractivity contribution is 0.0329. The number of methoxy groups -OCH3 is 1. The van der Waals surface area contributed by atoms with E-state index in [0.717, 1.165) is 0 Å². The monoisotopic (exact) mass is 377 g/mol. The van der Waals surface area contributed by atoms with Crippen molar-refractivity contribution in [3.8, 4) is 17.2 Å². The average molecular weight is 377 g/mol. The normalized spacial score (nSPS) is 13.9. The van der Waals surface area contributed by atoms with E-state index in [0.29, 0.717) is 11.3 Å². The predicted molar refractivity (Wildman–Crippen MR) is 99.2 cm³/mol. The quantitative estimate of drug-likeness (QED) is 0.795. The number of hydrogen-bond acceptors (Lipinski definition) is 7. The molecule has 2 N–H and O–H groups in total. The van der Waals surface area contributed by atoms with Crippen LogP contribution in [0.5, 0.6) is 5.75 Å². The second-order valence-electron chi connectivity index (χ2n) is 7.53. The number of rotatable bonds is 6. The van der Waals surface area contributed by atoms with Crippen LogP contribution in [0.4, 0.5) is 4.79 Å². The van der Waals surface area contributed by atoms with Crippen LogP contribution in [0.2, 0.25) is 0 Å². The number of amides is 1. The van der Waals surface area contributed by atoms with Gasteiger partial charge in [0.15, 0.2) is 6.10 Å². The molecule has 0 bridgehead atoms. The zero-order valence-electron chi connectivity index (χ0n) is 16.5. The van der Waals surface area contributed by atoms with Crippen LogP contribution in [0.1, 0.15) is 46.6 Å². The lowest BCUT2D eigenvalue weighted by atomic mass is 9.98. The van der Waals surface area contributed by atoms with Gasteiger partial charge in [-0.25, -0.2) is 4.79 Å². The SMILES string of the molecule is COc1ccc(-c2nnc(C(O)[C@@H](NC(=O)OC(C)(C)C)C(C)C)o2)cc1. The van der Waals surface area contributed by atoms with Gasteiger partial charge in [-0.05, 0) is 51.0 Å². The van der Waals surface area contributed by atoms with Gasteiger partial charge >= 0.3 is 6.09 Å². The van der Waals surface area contributed by atoms with Crippen LogP contribution in [0.3, 0.4) is 0 Å². The van der Waals surface area contributed by atoms with E-state index in [9.17, 15) is 9.90 Å². The molecular formula is C19H27N3O5. The van der Waals surface area contributed by atoms with Gasteiger partial charge < -0.3 is 24.3 Å². The van der Waals surface area contributed by atoms with E-state index in [1.165, 1.54) is 0 Å². The number of alkyl carbamates (subject to hydrolysis) is 1. The topological polar surface area (TPSA) is 107 Å². The maximum atomic E-state index is 12.1. The highest BCUT2D eigenvalue weighted by atomic mass is 16.6. The molecule has 0 aliphatic carbocycles. The van der Waals surface area contributed by atoms with Crippen molar-refractivity contribution in [2.24, 2.45) is 5.92 Å². The first-order chi connectivity index (χ1) is 12.6. The van der Waals surface area contributed by atoms with Crippen molar-refractivity contribution >= 4 is 6.09 Å². The summed E-state index contributed by atoms with van der Waals surface area (Å²) in [5, 5.41) is 21.2. The standard InChI is InChI=1S/C19H27N3O5/c1-11(2)14(20-18(24)27-19(3,4)5)15(23)17-22-21-16(26-17)12-7-9-13(25-6)10-8-12/h7-11,14-15,23H,1-6H3,(H,20,24)/t14-,15?/m0/s1. The minimum atomic E-state index is -1.17. The van der Waals surface area contributed by atoms with Gasteiger partial charge in [-0.2, -0.15) is 0 Å². The molecule has 1 aromatic carbocycles. The lowest BCUT2D eigenvalue weighted by Crippen LogP contribution is -2.45. The Hall–Kier alpha value is -2.61. The van der Waals surface area contributed by atoms with Gasteiger partial charge in [-0.1, -0.05) is 13.8 Å². The summed E-state index contributed by atoms with van der Waals surface area (Å²) in [6, 6.07) is 6.46. The highest BCUT2D eigenvalue weighted by Crippen LogP contribution is 2.26. The number of nitrogens with one attached hydrogen (secondary N) is 1. The molecule has 2 rings (SSSR count). The molecule has 27 heavy (non-hydrogen) atoms. The Morgan fingerprint density at radius 1 is 1.19 bits per heavy atom. The summed E-state index contributed by atoms with van der Waals surface area (Å²) in [5.74, 6) is 0.908. The molecule has 1 aromatic heterocycles. The van der Waals surface area contributed by atoms with Crippen LogP contribution in [0.25, 0.3) is 11.5 Å². The molecule has 8 heteroatoms. The van der Waals surface area contributed by atoms with Crippen LogP contribution in [0, 0.1) is 5.92 Å². The van der Waals surface area contributed by atoms with Crippen molar-refractivity contribution in [1.82, 2.24) is 15.5 Å². The molecule has 0 saturated heterocycles. The number of benzene rings is 1. The van der Waals surface area contributed by atoms with E-state index < -0.39 is 23.8 Å². The van der Waals surface area contributed by atoms with Crippen LogP contribution in [0.15, 0.2) is 28.7 Å². The maximum absolute atomic E-state index is 12.1. The third-order valence-corrected chi connectivity index (χ3v) is 3.77. The van der Waals surface area contributed by atoms with Crippen molar-refractivity contribution < 1.29 is 23.8 Å². The molecule has 0 fully saturated rings. The van der Waals surface area contributed by atoms with Gasteiger partial charge in [0, 0.05) is 5.56 Å². The summed E-state index contributed by atoms with van der Waals surface area (Å²) in [6.45, 7) is 9.05. The largest absolute Gasteiger partial charge is 0.497 e. The Balaban J connectivity index is 2.14. The first-order valence-corrected chi connectivity index (χ1v) is 8.76. The number of aliphatic hydroxyl groups is 1. The third-order valence-electron chi connectivity index (χ3n) is 3.77. The van der Waals surface area contributed by atoms with E-state index in [2.05, 4.69) is 15.5 Å². The van der Waals surface area contributed by atoms with Crippen LogP contribution < -0.4 is 10.1 Å². The number of hydrogen-bond donors (Lipinski definition) is 2. The Morgan fingerprint density at radius 3 is 2.33 bits per heavy atom. The van der Waals surface area contributed by atoms with Crippen LogP contribution >= 0.6 is 0 Å². The smallest absolute Gasteiger partial charge is 0.407 e. The van der Waals surface area contributed by atoms with E-state index in [1.54, 1.807) is 52.1 Å². The highest BCUT2D eigenvalue weighted by molar-refractivity contribution is 5.68. The number of aromatic nitrogens is 2. The summed E-state index contributed by atoms with van der Waals surface area (Å²) in [4.78, 5) is 12.1. The van der Waals surface area contributed by atoms with Crippen LogP contribution in [-0.4, -0.2) is 40.1 Å². The van der Waals surface area contributed by atoms with Gasteiger partial charge in [0.05, 0.1) is 13.2 Å². The fourth-order valence-electron chi connectivity index (χ4n) is 2.41. The zero-order chi connectivity index (χ0) is 20.2. The summed E-state index contributed by atoms with van der Waals surface area (Å²) in [5.41, 5.74) is 0.0609. The Morgan fingerprint density at radius 2 is 1.81 bits per heavy atom. The van der Waals surface area contributed by atoms with Crippen molar-refractivity contribution in [1.29, 1.82) is 0 Å². The molecule has 0 radical (unpaired) electrons. The zero-order valence-corrected chi connectivity index (χ0v) is 16.5. The minimum absolute atomic E-state index is 0.0237. The maximum Gasteiger partial charge on any atom is 0.407 e. The fraction of sp³-hybridized carbons (Fsp3) is 0.526. The Bertz CT molecular complexity index is 749. The predicted octanol–water partition coefficient (Wildman–Crippen LogP) is 3.33. The molecule has 148 valence electrons. The molecule has 1 heterocycles. The Labute approximate surface area is 158 Å². The number of carbonyl (C=O) groups excluding carboxylic acids is 1. The number of aliphatic hydroxyl groups excluding tert-OH is 1. The first-order valence-electron chi connectivity index (χ1n) is 8.76. The van der Waals surface area contributed by atoms with E-state index in [-0.39, 0.29) is 17.7 Å². The molecule has 0 saturated carbocycles. The van der Waals surface area contributed by atoms with Crippen LogP contribution in [-0.2, 0) is 4.74 Å². The molecule has 2 atom stereocenters. The minimum Gasteiger partial charge on any atom is -0.497 e. The van der Waals surface area contributed by atoms with Crippen molar-refractivity contribution in [2.45, 2.75) is 52.4 Å². The molecule has 0 aliphatic rings. The Kier molecular flexibility index (Phi) is 6.43. The van der Waals surface area contributed by atoms with Gasteiger partial charge in [0.25, 0.3) is 0 Å². The van der Waals surface area contributed by atoms with E-state index in [1.807, 2.05) is 13.8 Å². The van der Waals surface area contributed by atoms with E-state index in [4.69, 9.17) is 13.9 Å². The van der Waals surface area contributed by atoms with Gasteiger partial charge in [-0.15, -0.1) is 10.2 Å². The van der Waals surface area contributed by atoms with E-state index >= 15 is 0 Å². The summed E-state index contributed by atoms with van der Waals surface area (Å²) in [6.07, 6.45) is -1.79. The molecule has 2 aromatic rings. The molecule has 1 amide bonds. The molecular weight excluding hydrogens is 350 g/mol. The average Bonchev–Trinajstić information content (AvgIpc) is 3.07. The summed E-state index contributed by atoms with van der Waals surface area (Å²) in [7, 11) is 1.58. The molecule has 1 unspecified atom stereocenters. The second-order valence-corrected chi connectivity index (χ2v) is 7.53. The van der Waals surface area contributed by atoms with Crippen molar-refractivity contribution in [3.05, 3.63) is 30.2 Å². The molecule has 0 spiro atoms. The number of ether oxygens (including phenoxy) is 2. The summed E-state index contributed by atoms with van der Waals surface area (Å²) < 4.78 is 16.0. The third kappa shape index (κ3) is 5.68. The molecule has 8 nitrogen and oxygen atoms in total. The number of carbonyl (C=O) groups is 1. The van der Waals surface area contributed by atoms with Gasteiger partial charge in [0.2, 0.25) is 11.8 Å².